The molecule has 1 saturated heterocycles. The molecule has 25 heavy (non-hydrogen) atoms. The minimum absolute atomic E-state index is 0.146. The zero-order valence-corrected chi connectivity index (χ0v) is 16.2. The number of hydrogen-bond acceptors (Lipinski definition) is 4. The lowest BCUT2D eigenvalue weighted by Crippen LogP contribution is -2.49. The van der Waals surface area contributed by atoms with E-state index in [1.165, 1.54) is 5.56 Å². The first-order chi connectivity index (χ1) is 12.0. The quantitative estimate of drug-likeness (QED) is 0.788. The highest BCUT2D eigenvalue weighted by Gasteiger charge is 2.25. The van der Waals surface area contributed by atoms with Gasteiger partial charge in [-0.25, -0.2) is 0 Å². The summed E-state index contributed by atoms with van der Waals surface area (Å²) in [5.41, 5.74) is 2.97. The Kier molecular flexibility index (Phi) is 5.81. The summed E-state index contributed by atoms with van der Waals surface area (Å²) in [4.78, 5) is 25.6. The van der Waals surface area contributed by atoms with E-state index in [1.807, 2.05) is 36.2 Å². The van der Waals surface area contributed by atoms with Gasteiger partial charge in [0, 0.05) is 54.8 Å². The number of piperazine rings is 1. The summed E-state index contributed by atoms with van der Waals surface area (Å²) >= 11 is 3.49. The van der Waals surface area contributed by atoms with E-state index >= 15 is 0 Å². The van der Waals surface area contributed by atoms with E-state index in [1.54, 1.807) is 6.20 Å². The van der Waals surface area contributed by atoms with Crippen molar-refractivity contribution in [2.45, 2.75) is 26.3 Å². The Hall–Kier alpha value is -1.79. The van der Waals surface area contributed by atoms with Crippen molar-refractivity contribution in [1.82, 2.24) is 19.8 Å². The highest BCUT2D eigenvalue weighted by atomic mass is 79.9. The number of carbonyl (C=O) groups is 1. The van der Waals surface area contributed by atoms with Crippen molar-refractivity contribution in [3.05, 3.63) is 58.1 Å². The molecule has 132 valence electrons. The van der Waals surface area contributed by atoms with E-state index < -0.39 is 0 Å². The Balaban J connectivity index is 1.56. The third-order valence-corrected chi connectivity index (χ3v) is 5.48. The van der Waals surface area contributed by atoms with Gasteiger partial charge in [0.1, 0.15) is 0 Å². The van der Waals surface area contributed by atoms with Crippen molar-refractivity contribution in [1.29, 1.82) is 0 Å². The zero-order chi connectivity index (χ0) is 17.8. The van der Waals surface area contributed by atoms with Crippen LogP contribution in [0.25, 0.3) is 0 Å². The molecule has 1 fully saturated rings. The van der Waals surface area contributed by atoms with Crippen LogP contribution in [0.2, 0.25) is 0 Å². The zero-order valence-electron chi connectivity index (χ0n) is 14.7. The topological polar surface area (TPSA) is 49.3 Å². The summed E-state index contributed by atoms with van der Waals surface area (Å²) in [5.74, 6) is 0.146. The van der Waals surface area contributed by atoms with Crippen LogP contribution in [0.4, 0.5) is 0 Å². The molecule has 0 spiro atoms. The van der Waals surface area contributed by atoms with E-state index in [0.29, 0.717) is 12.5 Å². The van der Waals surface area contributed by atoms with Crippen molar-refractivity contribution in [2.24, 2.45) is 0 Å². The monoisotopic (exact) mass is 402 g/mol. The molecule has 3 rings (SSSR count). The van der Waals surface area contributed by atoms with Gasteiger partial charge in [-0.05, 0) is 53.5 Å². The average molecular weight is 403 g/mol. The van der Waals surface area contributed by atoms with Crippen molar-refractivity contribution in [2.75, 3.05) is 26.2 Å². The lowest BCUT2D eigenvalue weighted by molar-refractivity contribution is -0.132. The summed E-state index contributed by atoms with van der Waals surface area (Å²) in [6.45, 7) is 7.41. The molecule has 6 heteroatoms. The van der Waals surface area contributed by atoms with Crippen LogP contribution in [-0.2, 0) is 11.2 Å². The van der Waals surface area contributed by atoms with Gasteiger partial charge in [-0.15, -0.1) is 0 Å². The van der Waals surface area contributed by atoms with Gasteiger partial charge in [0.05, 0.1) is 12.1 Å². The van der Waals surface area contributed by atoms with Crippen LogP contribution in [0.3, 0.4) is 0 Å². The number of carbonyl (C=O) groups excluding carboxylic acids is 1. The summed E-state index contributed by atoms with van der Waals surface area (Å²) in [7, 11) is 0. The fourth-order valence-electron chi connectivity index (χ4n) is 3.17. The number of aromatic nitrogens is 2. The van der Waals surface area contributed by atoms with Gasteiger partial charge in [-0.1, -0.05) is 6.07 Å². The van der Waals surface area contributed by atoms with E-state index in [9.17, 15) is 4.79 Å². The molecule has 3 heterocycles. The SMILES string of the molecule is Cc1ccc(Br)c(CC(=O)N2CCN(C(C)c3cccnc3)CC2)n1. The Morgan fingerprint density at radius 1 is 1.24 bits per heavy atom. The molecule has 1 unspecified atom stereocenters. The maximum atomic E-state index is 12.6. The average Bonchev–Trinajstić information content (AvgIpc) is 2.65. The molecule has 0 aliphatic carbocycles. The minimum atomic E-state index is 0.146. The lowest BCUT2D eigenvalue weighted by atomic mass is 10.1. The number of hydrogen-bond donors (Lipinski definition) is 0. The fourth-order valence-corrected chi connectivity index (χ4v) is 3.53. The normalized spacial score (nSPS) is 16.7. The molecule has 0 N–H and O–H groups in total. The first kappa shape index (κ1) is 18.0. The Morgan fingerprint density at radius 2 is 2.00 bits per heavy atom. The van der Waals surface area contributed by atoms with Gasteiger partial charge >= 0.3 is 0 Å². The molecule has 1 aliphatic heterocycles. The molecular formula is C19H23BrN4O. The number of pyridine rings is 2. The Bertz CT molecular complexity index is 729. The van der Waals surface area contributed by atoms with Crippen LogP contribution in [0.5, 0.6) is 0 Å². The smallest absolute Gasteiger partial charge is 0.228 e. The second-order valence-corrected chi connectivity index (χ2v) is 7.29. The highest BCUT2D eigenvalue weighted by Crippen LogP contribution is 2.21. The van der Waals surface area contributed by atoms with Crippen LogP contribution < -0.4 is 0 Å². The third-order valence-electron chi connectivity index (χ3n) is 4.76. The van der Waals surface area contributed by atoms with Crippen LogP contribution in [0.15, 0.2) is 41.1 Å². The summed E-state index contributed by atoms with van der Waals surface area (Å²) in [6, 6.07) is 8.29. The Labute approximate surface area is 157 Å². The largest absolute Gasteiger partial charge is 0.340 e. The molecule has 0 bridgehead atoms. The molecule has 1 amide bonds. The standard InChI is InChI=1S/C19H23BrN4O/c1-14-5-6-17(20)18(22-14)12-19(25)24-10-8-23(9-11-24)15(2)16-4-3-7-21-13-16/h3-7,13,15H,8-12H2,1-2H3. The number of aryl methyl sites for hydroxylation is 1. The molecule has 2 aromatic rings. The molecule has 1 atom stereocenters. The van der Waals surface area contributed by atoms with Crippen LogP contribution in [-0.4, -0.2) is 51.9 Å². The minimum Gasteiger partial charge on any atom is -0.340 e. The first-order valence-electron chi connectivity index (χ1n) is 8.58. The molecule has 0 saturated carbocycles. The van der Waals surface area contributed by atoms with Gasteiger partial charge in [-0.2, -0.15) is 0 Å². The van der Waals surface area contributed by atoms with Crippen molar-refractivity contribution < 1.29 is 4.79 Å². The van der Waals surface area contributed by atoms with E-state index in [0.717, 1.165) is 42.0 Å². The van der Waals surface area contributed by atoms with Crippen LogP contribution in [0.1, 0.15) is 29.9 Å². The molecule has 5 nitrogen and oxygen atoms in total. The predicted molar refractivity (Wildman–Crippen MR) is 101 cm³/mol. The van der Waals surface area contributed by atoms with Gasteiger partial charge in [0.2, 0.25) is 5.91 Å². The van der Waals surface area contributed by atoms with Gasteiger partial charge in [-0.3, -0.25) is 19.7 Å². The van der Waals surface area contributed by atoms with Crippen molar-refractivity contribution >= 4 is 21.8 Å². The summed E-state index contributed by atoms with van der Waals surface area (Å²) in [6.07, 6.45) is 4.06. The van der Waals surface area contributed by atoms with Crippen LogP contribution >= 0.6 is 15.9 Å². The Morgan fingerprint density at radius 3 is 2.68 bits per heavy atom. The van der Waals surface area contributed by atoms with E-state index in [2.05, 4.69) is 43.8 Å². The van der Waals surface area contributed by atoms with E-state index in [4.69, 9.17) is 0 Å². The maximum Gasteiger partial charge on any atom is 0.228 e. The highest BCUT2D eigenvalue weighted by molar-refractivity contribution is 9.10. The summed E-state index contributed by atoms with van der Waals surface area (Å²) < 4.78 is 0.898. The molecule has 0 aromatic carbocycles. The number of rotatable bonds is 4. The van der Waals surface area contributed by atoms with E-state index in [-0.39, 0.29) is 5.91 Å². The number of nitrogens with zero attached hydrogens (tertiary/aromatic N) is 4. The molecule has 2 aromatic heterocycles. The summed E-state index contributed by atoms with van der Waals surface area (Å²) in [5, 5.41) is 0. The van der Waals surface area contributed by atoms with Crippen molar-refractivity contribution in [3.63, 3.8) is 0 Å². The van der Waals surface area contributed by atoms with Gasteiger partial charge < -0.3 is 4.90 Å². The number of halogens is 1. The third kappa shape index (κ3) is 4.44. The van der Waals surface area contributed by atoms with Crippen LogP contribution in [0, 0.1) is 6.92 Å². The molecular weight excluding hydrogens is 380 g/mol. The van der Waals surface area contributed by atoms with Crippen molar-refractivity contribution in [3.8, 4) is 0 Å². The molecule has 0 radical (unpaired) electrons. The first-order valence-corrected chi connectivity index (χ1v) is 9.37. The maximum absolute atomic E-state index is 12.6. The lowest BCUT2D eigenvalue weighted by Gasteiger charge is -2.38. The number of amides is 1. The molecule has 1 aliphatic rings. The van der Waals surface area contributed by atoms with Gasteiger partial charge in [0.15, 0.2) is 0 Å². The van der Waals surface area contributed by atoms with Gasteiger partial charge in [0.25, 0.3) is 0 Å². The predicted octanol–water partition coefficient (Wildman–Crippen LogP) is 3.00. The second kappa shape index (κ2) is 8.06. The second-order valence-electron chi connectivity index (χ2n) is 6.44. The fraction of sp³-hybridized carbons (Fsp3) is 0.421.